The van der Waals surface area contributed by atoms with Gasteiger partial charge in [-0.2, -0.15) is 0 Å². The van der Waals surface area contributed by atoms with Crippen molar-refractivity contribution in [2.45, 2.75) is 11.7 Å². The molecule has 2 heterocycles. The number of carbonyl (C=O) groups excluding carboxylic acids is 4. The summed E-state index contributed by atoms with van der Waals surface area (Å²) in [5, 5.41) is 0.434. The van der Waals surface area contributed by atoms with Crippen LogP contribution in [-0.2, 0) is 14.3 Å². The average molecular weight is 571 g/mol. The van der Waals surface area contributed by atoms with Gasteiger partial charge in [0.1, 0.15) is 0 Å². The lowest BCUT2D eigenvalue weighted by Gasteiger charge is -2.27. The Bertz CT molecular complexity index is 1440. The van der Waals surface area contributed by atoms with E-state index in [1.165, 1.54) is 30.3 Å². The van der Waals surface area contributed by atoms with E-state index in [0.717, 1.165) is 9.37 Å². The molecule has 2 saturated heterocycles. The summed E-state index contributed by atoms with van der Waals surface area (Å²) < 4.78 is 7.05. The predicted molar refractivity (Wildman–Crippen MR) is 132 cm³/mol. The molecule has 2 amide bonds. The first-order chi connectivity index (χ1) is 16.8. The van der Waals surface area contributed by atoms with Gasteiger partial charge < -0.3 is 4.74 Å². The van der Waals surface area contributed by atoms with Crippen LogP contribution in [-0.4, -0.2) is 29.0 Å². The zero-order valence-electron chi connectivity index (χ0n) is 17.7. The molecule has 0 radical (unpaired) electrons. The number of carbonyl (C=O) groups is 4. The quantitative estimate of drug-likeness (QED) is 0.302. The van der Waals surface area contributed by atoms with Gasteiger partial charge in [-0.3, -0.25) is 19.2 Å². The molecule has 35 heavy (non-hydrogen) atoms. The molecule has 174 valence electrons. The third-order valence-corrected chi connectivity index (χ3v) is 7.93. The van der Waals surface area contributed by atoms with Crippen LogP contribution in [0.5, 0.6) is 0 Å². The molecule has 3 aliphatic rings. The number of halogens is 3. The summed E-state index contributed by atoms with van der Waals surface area (Å²) in [6, 6.07) is 17.8. The van der Waals surface area contributed by atoms with Crippen molar-refractivity contribution in [1.29, 1.82) is 0 Å². The van der Waals surface area contributed by atoms with E-state index in [9.17, 15) is 19.2 Å². The Hall–Kier alpha value is -2.84. The van der Waals surface area contributed by atoms with Gasteiger partial charge in [0.15, 0.2) is 0 Å². The maximum atomic E-state index is 13.9. The highest BCUT2D eigenvalue weighted by molar-refractivity contribution is 9.10. The second kappa shape index (κ2) is 7.83. The minimum Gasteiger partial charge on any atom is -0.349 e. The summed E-state index contributed by atoms with van der Waals surface area (Å²) in [4.78, 5) is 56.1. The second-order valence-electron chi connectivity index (χ2n) is 8.64. The number of benzene rings is 3. The van der Waals surface area contributed by atoms with Gasteiger partial charge in [0.25, 0.3) is 0 Å². The number of amides is 2. The van der Waals surface area contributed by atoms with Crippen LogP contribution in [0.4, 0.5) is 5.69 Å². The van der Waals surface area contributed by atoms with Crippen molar-refractivity contribution in [2.75, 3.05) is 4.90 Å². The molecule has 0 bridgehead atoms. The first-order valence-corrected chi connectivity index (χ1v) is 12.3. The SMILES string of the molecule is O=C1[C@H]2[C@H](c3ccc(Br)cc3)OC3(C(=O)c4ccccc4C3=O)[C@H]2C(=O)N1c1ccc(Cl)cc1Cl. The summed E-state index contributed by atoms with van der Waals surface area (Å²) in [6.07, 6.45) is -0.997. The maximum Gasteiger partial charge on any atom is 0.241 e. The first kappa shape index (κ1) is 22.6. The summed E-state index contributed by atoms with van der Waals surface area (Å²) in [6.45, 7) is 0. The number of hydrogen-bond donors (Lipinski definition) is 0. The van der Waals surface area contributed by atoms with Crippen LogP contribution < -0.4 is 4.90 Å². The molecule has 2 aliphatic heterocycles. The fourth-order valence-electron chi connectivity index (χ4n) is 5.37. The van der Waals surface area contributed by atoms with Crippen LogP contribution in [0.15, 0.2) is 71.2 Å². The molecule has 1 aliphatic carbocycles. The first-order valence-electron chi connectivity index (χ1n) is 10.7. The van der Waals surface area contributed by atoms with Gasteiger partial charge in [0.2, 0.25) is 29.0 Å². The molecule has 3 aromatic rings. The minimum atomic E-state index is -2.13. The number of ketones is 2. The fraction of sp³-hybridized carbons (Fsp3) is 0.154. The maximum absolute atomic E-state index is 13.9. The van der Waals surface area contributed by atoms with Crippen molar-refractivity contribution in [2.24, 2.45) is 11.8 Å². The molecule has 0 unspecified atom stereocenters. The molecule has 6 rings (SSSR count). The van der Waals surface area contributed by atoms with E-state index in [1.54, 1.807) is 36.4 Å². The molecular weight excluding hydrogens is 557 g/mol. The van der Waals surface area contributed by atoms with Crippen LogP contribution in [0.3, 0.4) is 0 Å². The molecule has 9 heteroatoms. The largest absolute Gasteiger partial charge is 0.349 e. The average Bonchev–Trinajstić information content (AvgIpc) is 3.40. The number of nitrogens with zero attached hydrogens (tertiary/aromatic N) is 1. The van der Waals surface area contributed by atoms with Crippen molar-refractivity contribution >= 4 is 68.2 Å². The molecule has 1 spiro atoms. The van der Waals surface area contributed by atoms with Gasteiger partial charge in [-0.25, -0.2) is 4.90 Å². The van der Waals surface area contributed by atoms with E-state index in [-0.39, 0.29) is 21.8 Å². The third kappa shape index (κ3) is 2.99. The highest BCUT2D eigenvalue weighted by atomic mass is 79.9. The zero-order chi connectivity index (χ0) is 24.6. The van der Waals surface area contributed by atoms with Gasteiger partial charge in [-0.1, -0.05) is 75.5 Å². The lowest BCUT2D eigenvalue weighted by atomic mass is 9.77. The van der Waals surface area contributed by atoms with Gasteiger partial charge in [-0.05, 0) is 35.9 Å². The number of hydrogen-bond acceptors (Lipinski definition) is 5. The van der Waals surface area contributed by atoms with E-state index < -0.39 is 46.9 Å². The lowest BCUT2D eigenvalue weighted by Crippen LogP contribution is -2.51. The summed E-state index contributed by atoms with van der Waals surface area (Å²) in [5.74, 6) is -4.97. The number of fused-ring (bicyclic) bond motifs is 3. The monoisotopic (exact) mass is 569 g/mol. The molecule has 3 aromatic carbocycles. The van der Waals surface area contributed by atoms with Crippen molar-refractivity contribution in [3.05, 3.63) is 97.9 Å². The highest BCUT2D eigenvalue weighted by Gasteiger charge is 2.74. The van der Waals surface area contributed by atoms with Crippen LogP contribution in [0, 0.1) is 11.8 Å². The highest BCUT2D eigenvalue weighted by Crippen LogP contribution is 2.58. The number of rotatable bonds is 2. The Morgan fingerprint density at radius 1 is 0.829 bits per heavy atom. The van der Waals surface area contributed by atoms with E-state index in [4.69, 9.17) is 27.9 Å². The summed E-state index contributed by atoms with van der Waals surface area (Å²) >= 11 is 15.7. The normalized spacial score (nSPS) is 24.4. The fourth-order valence-corrected chi connectivity index (χ4v) is 6.13. The summed E-state index contributed by atoms with van der Waals surface area (Å²) in [7, 11) is 0. The van der Waals surface area contributed by atoms with E-state index in [0.29, 0.717) is 10.6 Å². The van der Waals surface area contributed by atoms with Crippen molar-refractivity contribution in [3.63, 3.8) is 0 Å². The van der Waals surface area contributed by atoms with E-state index in [1.807, 2.05) is 0 Å². The van der Waals surface area contributed by atoms with Gasteiger partial charge >= 0.3 is 0 Å². The Morgan fingerprint density at radius 2 is 1.46 bits per heavy atom. The van der Waals surface area contributed by atoms with Gasteiger partial charge in [0.05, 0.1) is 28.6 Å². The number of anilines is 1. The molecule has 0 N–H and O–H groups in total. The number of imide groups is 1. The Kier molecular flexibility index (Phi) is 5.06. The molecule has 2 fully saturated rings. The predicted octanol–water partition coefficient (Wildman–Crippen LogP) is 5.45. The zero-order valence-corrected chi connectivity index (χ0v) is 20.8. The molecular formula is C26H14BrCl2NO5. The van der Waals surface area contributed by atoms with E-state index in [2.05, 4.69) is 15.9 Å². The number of Topliss-reactive ketones (excluding diaryl/α,β-unsaturated/α-hetero) is 2. The standard InChI is InChI=1S/C26H14BrCl2NO5/c27-13-7-5-12(6-8-13)21-19-20(25(34)30(24(19)33)18-10-9-14(28)11-17(18)29)26(35-21)22(31)15-3-1-2-4-16(15)23(26)32/h1-11,19-21H/t19-,20-,21+/m1/s1. The van der Waals surface area contributed by atoms with Crippen LogP contribution >= 0.6 is 39.1 Å². The van der Waals surface area contributed by atoms with Crippen LogP contribution in [0.25, 0.3) is 0 Å². The minimum absolute atomic E-state index is 0.0988. The molecule has 3 atom stereocenters. The van der Waals surface area contributed by atoms with Crippen LogP contribution in [0.2, 0.25) is 10.0 Å². The van der Waals surface area contributed by atoms with Gasteiger partial charge in [0, 0.05) is 20.6 Å². The lowest BCUT2D eigenvalue weighted by molar-refractivity contribution is -0.127. The topological polar surface area (TPSA) is 80.8 Å². The Labute approximate surface area is 217 Å². The molecule has 0 aromatic heterocycles. The van der Waals surface area contributed by atoms with Crippen molar-refractivity contribution in [3.8, 4) is 0 Å². The third-order valence-electron chi connectivity index (χ3n) is 6.87. The second-order valence-corrected chi connectivity index (χ2v) is 10.4. The Balaban J connectivity index is 1.55. The smallest absolute Gasteiger partial charge is 0.241 e. The van der Waals surface area contributed by atoms with E-state index >= 15 is 0 Å². The molecule has 0 saturated carbocycles. The Morgan fingerprint density at radius 3 is 2.06 bits per heavy atom. The number of ether oxygens (including phenoxy) is 1. The van der Waals surface area contributed by atoms with Gasteiger partial charge in [-0.15, -0.1) is 0 Å². The summed E-state index contributed by atoms with van der Waals surface area (Å²) in [5.41, 5.74) is -1.07. The van der Waals surface area contributed by atoms with Crippen LogP contribution in [0.1, 0.15) is 32.4 Å². The van der Waals surface area contributed by atoms with Crippen molar-refractivity contribution in [1.82, 2.24) is 0 Å². The van der Waals surface area contributed by atoms with Crippen molar-refractivity contribution < 1.29 is 23.9 Å². The molecule has 6 nitrogen and oxygen atoms in total.